The lowest BCUT2D eigenvalue weighted by atomic mass is 10.1. The summed E-state index contributed by atoms with van der Waals surface area (Å²) in [7, 11) is 0. The van der Waals surface area contributed by atoms with Crippen molar-refractivity contribution in [2.24, 2.45) is 0 Å². The van der Waals surface area contributed by atoms with Gasteiger partial charge in [0.1, 0.15) is 12.4 Å². The van der Waals surface area contributed by atoms with Crippen molar-refractivity contribution in [3.8, 4) is 5.75 Å². The Morgan fingerprint density at radius 3 is 2.83 bits per heavy atom. The number of carbonyl (C=O) groups excluding carboxylic acids is 1. The van der Waals surface area contributed by atoms with Crippen molar-refractivity contribution in [2.75, 3.05) is 11.9 Å². The standard InChI is InChI=1S/C20H19NO2/c1-2-16-7-3-5-9-18(16)21-20(22)12-11-15-13-17-8-4-6-10-19(17)23-14-15/h3-13H,2,14H2,1H3,(H,21,22)/b12-11+. The number of fused-ring (bicyclic) bond motifs is 1. The van der Waals surface area contributed by atoms with Crippen LogP contribution < -0.4 is 10.1 Å². The third-order valence-corrected chi connectivity index (χ3v) is 3.76. The van der Waals surface area contributed by atoms with Crippen LogP contribution in [0.1, 0.15) is 18.1 Å². The zero-order valence-corrected chi connectivity index (χ0v) is 13.1. The Bertz CT molecular complexity index is 775. The number of benzene rings is 2. The van der Waals surface area contributed by atoms with Gasteiger partial charge in [-0.2, -0.15) is 0 Å². The van der Waals surface area contributed by atoms with Crippen LogP contribution in [0.5, 0.6) is 5.75 Å². The molecule has 1 aliphatic heterocycles. The number of anilines is 1. The van der Waals surface area contributed by atoms with E-state index in [1.807, 2.05) is 54.6 Å². The van der Waals surface area contributed by atoms with Gasteiger partial charge in [-0.15, -0.1) is 0 Å². The lowest BCUT2D eigenvalue weighted by molar-refractivity contribution is -0.111. The molecule has 3 nitrogen and oxygen atoms in total. The molecule has 0 atom stereocenters. The summed E-state index contributed by atoms with van der Waals surface area (Å²) in [5.41, 5.74) is 4.00. The molecule has 0 fully saturated rings. The summed E-state index contributed by atoms with van der Waals surface area (Å²) < 4.78 is 5.67. The van der Waals surface area contributed by atoms with Gasteiger partial charge < -0.3 is 10.1 Å². The number of nitrogens with one attached hydrogen (secondary N) is 1. The second-order valence-electron chi connectivity index (χ2n) is 5.38. The fourth-order valence-corrected chi connectivity index (χ4v) is 2.54. The van der Waals surface area contributed by atoms with Crippen molar-refractivity contribution in [1.29, 1.82) is 0 Å². The van der Waals surface area contributed by atoms with Crippen LogP contribution in [-0.4, -0.2) is 12.5 Å². The van der Waals surface area contributed by atoms with E-state index < -0.39 is 0 Å². The Balaban J connectivity index is 1.69. The summed E-state index contributed by atoms with van der Waals surface area (Å²) in [5, 5.41) is 2.93. The molecule has 0 radical (unpaired) electrons. The van der Waals surface area contributed by atoms with Gasteiger partial charge in [0.2, 0.25) is 5.91 Å². The molecule has 3 heteroatoms. The van der Waals surface area contributed by atoms with Crippen molar-refractivity contribution < 1.29 is 9.53 Å². The zero-order chi connectivity index (χ0) is 16.1. The first-order valence-electron chi connectivity index (χ1n) is 7.75. The van der Waals surface area contributed by atoms with Crippen LogP contribution in [0, 0.1) is 0 Å². The van der Waals surface area contributed by atoms with E-state index in [1.54, 1.807) is 12.2 Å². The molecule has 3 rings (SSSR count). The lowest BCUT2D eigenvalue weighted by Gasteiger charge is -2.15. The van der Waals surface area contributed by atoms with Gasteiger partial charge in [-0.1, -0.05) is 49.4 Å². The first kappa shape index (κ1) is 15.1. The molecule has 0 spiro atoms. The molecule has 1 amide bonds. The average Bonchev–Trinajstić information content (AvgIpc) is 2.60. The highest BCUT2D eigenvalue weighted by Gasteiger charge is 2.09. The van der Waals surface area contributed by atoms with E-state index in [0.717, 1.165) is 34.6 Å². The molecule has 116 valence electrons. The van der Waals surface area contributed by atoms with Crippen LogP contribution in [0.15, 0.2) is 66.3 Å². The predicted molar refractivity (Wildman–Crippen MR) is 93.5 cm³/mol. The highest BCUT2D eigenvalue weighted by molar-refractivity contribution is 6.00. The van der Waals surface area contributed by atoms with Crippen LogP contribution in [-0.2, 0) is 11.2 Å². The van der Waals surface area contributed by atoms with Crippen LogP contribution in [0.4, 0.5) is 5.69 Å². The summed E-state index contributed by atoms with van der Waals surface area (Å²) in [6, 6.07) is 15.7. The molecule has 1 aliphatic rings. The van der Waals surface area contributed by atoms with E-state index in [0.29, 0.717) is 6.61 Å². The second-order valence-corrected chi connectivity index (χ2v) is 5.38. The van der Waals surface area contributed by atoms with E-state index in [2.05, 4.69) is 12.2 Å². The molecule has 23 heavy (non-hydrogen) atoms. The average molecular weight is 305 g/mol. The van der Waals surface area contributed by atoms with Gasteiger partial charge in [-0.3, -0.25) is 4.79 Å². The number of rotatable bonds is 4. The predicted octanol–water partition coefficient (Wildman–Crippen LogP) is 4.22. The zero-order valence-electron chi connectivity index (χ0n) is 13.1. The van der Waals surface area contributed by atoms with Crippen molar-refractivity contribution >= 4 is 17.7 Å². The Kier molecular flexibility index (Phi) is 4.57. The summed E-state index contributed by atoms with van der Waals surface area (Å²) >= 11 is 0. The molecule has 0 aliphatic carbocycles. The van der Waals surface area contributed by atoms with E-state index >= 15 is 0 Å². The molecule has 0 aromatic heterocycles. The molecule has 0 saturated carbocycles. The maximum Gasteiger partial charge on any atom is 0.248 e. The SMILES string of the molecule is CCc1ccccc1NC(=O)/C=C/C1=Cc2ccccc2OC1. The third kappa shape index (κ3) is 3.69. The number of hydrogen-bond acceptors (Lipinski definition) is 2. The van der Waals surface area contributed by atoms with Gasteiger partial charge in [-0.25, -0.2) is 0 Å². The van der Waals surface area contributed by atoms with Crippen LogP contribution in [0.3, 0.4) is 0 Å². The molecule has 0 unspecified atom stereocenters. The Hall–Kier alpha value is -2.81. The minimum absolute atomic E-state index is 0.134. The van der Waals surface area contributed by atoms with E-state index in [-0.39, 0.29) is 5.91 Å². The van der Waals surface area contributed by atoms with Gasteiger partial charge in [0, 0.05) is 17.3 Å². The highest BCUT2D eigenvalue weighted by Crippen LogP contribution is 2.26. The normalized spacial score (nSPS) is 13.2. The molecule has 1 N–H and O–H groups in total. The van der Waals surface area contributed by atoms with Crippen LogP contribution in [0.2, 0.25) is 0 Å². The number of aryl methyl sites for hydroxylation is 1. The van der Waals surface area contributed by atoms with E-state index in [9.17, 15) is 4.79 Å². The summed E-state index contributed by atoms with van der Waals surface area (Å²) in [6.45, 7) is 2.55. The highest BCUT2D eigenvalue weighted by atomic mass is 16.5. The second kappa shape index (κ2) is 6.97. The largest absolute Gasteiger partial charge is 0.488 e. The van der Waals surface area contributed by atoms with Gasteiger partial charge in [-0.05, 0) is 35.8 Å². The minimum atomic E-state index is -0.134. The topological polar surface area (TPSA) is 38.3 Å². The first-order valence-corrected chi connectivity index (χ1v) is 7.75. The number of amides is 1. The van der Waals surface area contributed by atoms with Crippen molar-refractivity contribution in [3.05, 3.63) is 77.4 Å². The van der Waals surface area contributed by atoms with Crippen LogP contribution >= 0.6 is 0 Å². The molecule has 0 saturated heterocycles. The molecular formula is C20H19NO2. The Morgan fingerprint density at radius 2 is 1.96 bits per heavy atom. The maximum absolute atomic E-state index is 12.1. The lowest BCUT2D eigenvalue weighted by Crippen LogP contribution is -2.11. The summed E-state index contributed by atoms with van der Waals surface area (Å²) in [6.07, 6.45) is 6.29. The fraction of sp³-hybridized carbons (Fsp3) is 0.150. The molecule has 1 heterocycles. The van der Waals surface area contributed by atoms with Gasteiger partial charge in [0.25, 0.3) is 0 Å². The summed E-state index contributed by atoms with van der Waals surface area (Å²) in [5.74, 6) is 0.747. The van der Waals surface area contributed by atoms with Gasteiger partial charge in [0.05, 0.1) is 0 Å². The van der Waals surface area contributed by atoms with Crippen molar-refractivity contribution in [2.45, 2.75) is 13.3 Å². The van der Waals surface area contributed by atoms with E-state index in [4.69, 9.17) is 4.74 Å². The van der Waals surface area contributed by atoms with Crippen LogP contribution in [0.25, 0.3) is 6.08 Å². The quantitative estimate of drug-likeness (QED) is 0.859. The smallest absolute Gasteiger partial charge is 0.248 e. The van der Waals surface area contributed by atoms with Crippen molar-refractivity contribution in [1.82, 2.24) is 0 Å². The number of hydrogen-bond donors (Lipinski definition) is 1. The molecular weight excluding hydrogens is 286 g/mol. The first-order chi connectivity index (χ1) is 11.3. The number of para-hydroxylation sites is 2. The molecule has 2 aromatic rings. The molecule has 2 aromatic carbocycles. The third-order valence-electron chi connectivity index (χ3n) is 3.76. The maximum atomic E-state index is 12.1. The van der Waals surface area contributed by atoms with E-state index in [1.165, 1.54) is 0 Å². The Labute approximate surface area is 136 Å². The Morgan fingerprint density at radius 1 is 1.17 bits per heavy atom. The number of ether oxygens (including phenoxy) is 1. The fourth-order valence-electron chi connectivity index (χ4n) is 2.54. The van der Waals surface area contributed by atoms with Gasteiger partial charge >= 0.3 is 0 Å². The minimum Gasteiger partial charge on any atom is -0.488 e. The summed E-state index contributed by atoms with van der Waals surface area (Å²) in [4.78, 5) is 12.1. The molecule has 0 bridgehead atoms. The monoisotopic (exact) mass is 305 g/mol. The van der Waals surface area contributed by atoms with Gasteiger partial charge in [0.15, 0.2) is 0 Å². The number of carbonyl (C=O) groups is 1. The van der Waals surface area contributed by atoms with Crippen molar-refractivity contribution in [3.63, 3.8) is 0 Å².